The Kier molecular flexibility index (Phi) is 2.25. The minimum Gasteiger partial charge on any atom is -0.0738 e. The summed E-state index contributed by atoms with van der Waals surface area (Å²) in [4.78, 5) is 0. The maximum atomic E-state index is 2.41. The monoisotopic (exact) mass is 164 g/mol. The predicted molar refractivity (Wildman–Crippen MR) is 53.1 cm³/mol. The molecule has 68 valence electrons. The fraction of sp³-hybridized carbons (Fsp3) is 0.833. The van der Waals surface area contributed by atoms with Gasteiger partial charge in [-0.25, -0.2) is 0 Å². The highest BCUT2D eigenvalue weighted by Crippen LogP contribution is 2.41. The SMILES string of the molecule is CC1=C2CC(C)CCC2CCC1. The van der Waals surface area contributed by atoms with Crippen molar-refractivity contribution < 1.29 is 0 Å². The zero-order chi connectivity index (χ0) is 8.55. The van der Waals surface area contributed by atoms with Gasteiger partial charge in [-0.1, -0.05) is 18.1 Å². The van der Waals surface area contributed by atoms with Gasteiger partial charge in [0.05, 0.1) is 0 Å². The molecule has 0 bridgehead atoms. The first-order chi connectivity index (χ1) is 5.77. The molecule has 0 heteroatoms. The van der Waals surface area contributed by atoms with Crippen molar-refractivity contribution in [2.75, 3.05) is 0 Å². The molecule has 2 aliphatic rings. The van der Waals surface area contributed by atoms with Gasteiger partial charge in [0.1, 0.15) is 0 Å². The van der Waals surface area contributed by atoms with Crippen molar-refractivity contribution in [2.24, 2.45) is 11.8 Å². The average molecular weight is 164 g/mol. The molecule has 0 aromatic rings. The van der Waals surface area contributed by atoms with Crippen LogP contribution in [0.1, 0.15) is 52.4 Å². The van der Waals surface area contributed by atoms with E-state index >= 15 is 0 Å². The van der Waals surface area contributed by atoms with E-state index in [1.54, 1.807) is 5.57 Å². The van der Waals surface area contributed by atoms with Gasteiger partial charge < -0.3 is 0 Å². The van der Waals surface area contributed by atoms with Gasteiger partial charge in [0.25, 0.3) is 0 Å². The first-order valence-corrected chi connectivity index (χ1v) is 5.46. The maximum Gasteiger partial charge on any atom is -0.0200 e. The van der Waals surface area contributed by atoms with Gasteiger partial charge in [0.2, 0.25) is 0 Å². The summed E-state index contributed by atoms with van der Waals surface area (Å²) in [5.41, 5.74) is 3.58. The van der Waals surface area contributed by atoms with E-state index in [9.17, 15) is 0 Å². The normalized spacial score (nSPS) is 36.5. The van der Waals surface area contributed by atoms with Crippen molar-refractivity contribution in [1.82, 2.24) is 0 Å². The van der Waals surface area contributed by atoms with E-state index < -0.39 is 0 Å². The van der Waals surface area contributed by atoms with Gasteiger partial charge in [0, 0.05) is 0 Å². The van der Waals surface area contributed by atoms with Crippen LogP contribution in [0.25, 0.3) is 0 Å². The second kappa shape index (κ2) is 3.24. The molecule has 2 rings (SSSR count). The summed E-state index contributed by atoms with van der Waals surface area (Å²) >= 11 is 0. The van der Waals surface area contributed by atoms with Crippen molar-refractivity contribution in [1.29, 1.82) is 0 Å². The lowest BCUT2D eigenvalue weighted by molar-refractivity contribution is 0.332. The summed E-state index contributed by atoms with van der Waals surface area (Å²) in [6, 6.07) is 0. The molecule has 2 atom stereocenters. The highest BCUT2D eigenvalue weighted by atomic mass is 14.3. The van der Waals surface area contributed by atoms with E-state index in [1.807, 2.05) is 5.57 Å². The third-order valence-corrected chi connectivity index (χ3v) is 3.72. The summed E-state index contributed by atoms with van der Waals surface area (Å²) in [5, 5.41) is 0. The van der Waals surface area contributed by atoms with Crippen molar-refractivity contribution in [2.45, 2.75) is 52.4 Å². The standard InChI is InChI=1S/C12H20/c1-9-6-7-11-5-3-4-10(2)12(11)8-9/h9,11H,3-8H2,1-2H3. The molecule has 0 nitrogen and oxygen atoms in total. The van der Waals surface area contributed by atoms with Gasteiger partial charge in [-0.2, -0.15) is 0 Å². The third kappa shape index (κ3) is 1.44. The van der Waals surface area contributed by atoms with E-state index in [-0.39, 0.29) is 0 Å². The summed E-state index contributed by atoms with van der Waals surface area (Å²) in [7, 11) is 0. The van der Waals surface area contributed by atoms with Crippen molar-refractivity contribution >= 4 is 0 Å². The molecule has 0 radical (unpaired) electrons. The lowest BCUT2D eigenvalue weighted by atomic mass is 9.72. The van der Waals surface area contributed by atoms with Gasteiger partial charge in [-0.05, 0) is 57.3 Å². The summed E-state index contributed by atoms with van der Waals surface area (Å²) in [6.07, 6.45) is 8.69. The lowest BCUT2D eigenvalue weighted by Crippen LogP contribution is -2.19. The fourth-order valence-electron chi connectivity index (χ4n) is 2.92. The zero-order valence-electron chi connectivity index (χ0n) is 8.40. The minimum absolute atomic E-state index is 0.962. The number of rotatable bonds is 0. The summed E-state index contributed by atoms with van der Waals surface area (Å²) < 4.78 is 0. The Morgan fingerprint density at radius 3 is 2.83 bits per heavy atom. The molecule has 12 heavy (non-hydrogen) atoms. The molecule has 0 saturated heterocycles. The number of hydrogen-bond donors (Lipinski definition) is 0. The Morgan fingerprint density at radius 2 is 2.00 bits per heavy atom. The molecule has 0 aromatic heterocycles. The van der Waals surface area contributed by atoms with Crippen LogP contribution in [-0.4, -0.2) is 0 Å². The van der Waals surface area contributed by atoms with Crippen LogP contribution in [0.5, 0.6) is 0 Å². The smallest absolute Gasteiger partial charge is 0.0200 e. The molecule has 2 aliphatic carbocycles. The topological polar surface area (TPSA) is 0 Å². The molecule has 1 fully saturated rings. The number of hydrogen-bond acceptors (Lipinski definition) is 0. The molecule has 0 aliphatic heterocycles. The van der Waals surface area contributed by atoms with Crippen molar-refractivity contribution in [3.8, 4) is 0 Å². The van der Waals surface area contributed by atoms with E-state index in [2.05, 4.69) is 13.8 Å². The predicted octanol–water partition coefficient (Wildman–Crippen LogP) is 3.92. The van der Waals surface area contributed by atoms with Crippen LogP contribution in [0, 0.1) is 11.8 Å². The molecule has 0 heterocycles. The van der Waals surface area contributed by atoms with Crippen LogP contribution in [0.3, 0.4) is 0 Å². The Balaban J connectivity index is 2.18. The first-order valence-electron chi connectivity index (χ1n) is 5.46. The van der Waals surface area contributed by atoms with Crippen molar-refractivity contribution in [3.63, 3.8) is 0 Å². The lowest BCUT2D eigenvalue weighted by Gasteiger charge is -2.34. The quantitative estimate of drug-likeness (QED) is 0.476. The molecule has 0 spiro atoms. The molecule has 1 saturated carbocycles. The Morgan fingerprint density at radius 1 is 1.17 bits per heavy atom. The van der Waals surface area contributed by atoms with Gasteiger partial charge in [0.15, 0.2) is 0 Å². The Hall–Kier alpha value is -0.260. The highest BCUT2D eigenvalue weighted by molar-refractivity contribution is 5.20. The van der Waals surface area contributed by atoms with E-state index in [0.717, 1.165) is 11.8 Å². The first kappa shape index (κ1) is 8.34. The van der Waals surface area contributed by atoms with Gasteiger partial charge >= 0.3 is 0 Å². The van der Waals surface area contributed by atoms with E-state index in [1.165, 1.54) is 38.5 Å². The van der Waals surface area contributed by atoms with Crippen LogP contribution in [-0.2, 0) is 0 Å². The second-order valence-electron chi connectivity index (χ2n) is 4.78. The summed E-state index contributed by atoms with van der Waals surface area (Å²) in [6.45, 7) is 4.77. The molecule has 0 N–H and O–H groups in total. The average Bonchev–Trinajstić information content (AvgIpc) is 2.07. The van der Waals surface area contributed by atoms with Crippen LogP contribution >= 0.6 is 0 Å². The van der Waals surface area contributed by atoms with E-state index in [4.69, 9.17) is 0 Å². The summed E-state index contributed by atoms with van der Waals surface area (Å²) in [5.74, 6) is 1.96. The van der Waals surface area contributed by atoms with Crippen LogP contribution in [0.2, 0.25) is 0 Å². The Bertz CT molecular complexity index is 200. The highest BCUT2D eigenvalue weighted by Gasteiger charge is 2.26. The van der Waals surface area contributed by atoms with E-state index in [0.29, 0.717) is 0 Å². The molecular formula is C12H20. The largest absolute Gasteiger partial charge is 0.0738 e. The maximum absolute atomic E-state index is 2.41. The Labute approximate surface area is 76.1 Å². The van der Waals surface area contributed by atoms with Crippen LogP contribution < -0.4 is 0 Å². The molecule has 2 unspecified atom stereocenters. The van der Waals surface area contributed by atoms with Crippen LogP contribution in [0.15, 0.2) is 11.1 Å². The van der Waals surface area contributed by atoms with Crippen LogP contribution in [0.4, 0.5) is 0 Å². The molecule has 0 aromatic carbocycles. The minimum atomic E-state index is 0.962. The third-order valence-electron chi connectivity index (χ3n) is 3.72. The van der Waals surface area contributed by atoms with Gasteiger partial charge in [-0.15, -0.1) is 0 Å². The zero-order valence-corrected chi connectivity index (χ0v) is 8.40. The van der Waals surface area contributed by atoms with Crippen molar-refractivity contribution in [3.05, 3.63) is 11.1 Å². The fourth-order valence-corrected chi connectivity index (χ4v) is 2.92. The molecule has 0 amide bonds. The number of allylic oxidation sites excluding steroid dienone is 2. The second-order valence-corrected chi connectivity index (χ2v) is 4.78. The number of fused-ring (bicyclic) bond motifs is 1. The van der Waals surface area contributed by atoms with Gasteiger partial charge in [-0.3, -0.25) is 0 Å². The molecular weight excluding hydrogens is 144 g/mol.